The first-order valence-corrected chi connectivity index (χ1v) is 10.1. The molecule has 2 rings (SSSR count). The number of hydrogen-bond acceptors (Lipinski definition) is 4. The Morgan fingerprint density at radius 3 is 2.48 bits per heavy atom. The van der Waals surface area contributed by atoms with Crippen LogP contribution in [0.15, 0.2) is 35.4 Å². The highest BCUT2D eigenvalue weighted by atomic mass is 32.2. The molecule has 1 aromatic carbocycles. The first-order valence-electron chi connectivity index (χ1n) is 9.26. The monoisotopic (exact) mass is 381 g/mol. The van der Waals surface area contributed by atoms with Crippen molar-refractivity contribution in [2.24, 2.45) is 0 Å². The maximum absolute atomic E-state index is 12.6. The van der Waals surface area contributed by atoms with Crippen molar-refractivity contribution >= 4 is 17.7 Å². The van der Waals surface area contributed by atoms with E-state index < -0.39 is 0 Å². The predicted octanol–water partition coefficient (Wildman–Crippen LogP) is 4.67. The van der Waals surface area contributed by atoms with Gasteiger partial charge in [0.05, 0.1) is 10.8 Å². The molecule has 2 atom stereocenters. The predicted molar refractivity (Wildman–Crippen MR) is 111 cm³/mol. The Kier molecular flexibility index (Phi) is 7.44. The number of rotatable bonds is 7. The van der Waals surface area contributed by atoms with Crippen LogP contribution in [0.3, 0.4) is 0 Å². The quantitative estimate of drug-likeness (QED) is 0.708. The summed E-state index contributed by atoms with van der Waals surface area (Å²) >= 11 is 1.35. The van der Waals surface area contributed by atoms with Crippen LogP contribution in [0.4, 0.5) is 0 Å². The van der Waals surface area contributed by atoms with Crippen molar-refractivity contribution in [2.45, 2.75) is 57.2 Å². The smallest absolute Gasteiger partial charge is 0.233 e. The zero-order chi connectivity index (χ0) is 20.0. The molecular weight excluding hydrogens is 354 g/mol. The number of nitriles is 1. The van der Waals surface area contributed by atoms with Crippen LogP contribution in [0.5, 0.6) is 0 Å². The number of nitrogens with one attached hydrogen (secondary N) is 1. The number of hydrogen-bond donors (Lipinski definition) is 1. The second-order valence-electron chi connectivity index (χ2n) is 6.76. The first kappa shape index (κ1) is 21.0. The Balaban J connectivity index is 2.05. The molecule has 4 nitrogen and oxygen atoms in total. The lowest BCUT2D eigenvalue weighted by atomic mass is 9.96. The molecule has 0 saturated carbocycles. The second kappa shape index (κ2) is 9.57. The molecule has 2 aromatic rings. The minimum absolute atomic E-state index is 0.0315. The number of benzene rings is 1. The van der Waals surface area contributed by atoms with Gasteiger partial charge in [-0.25, -0.2) is 4.98 Å². The Morgan fingerprint density at radius 1 is 1.22 bits per heavy atom. The average Bonchev–Trinajstić information content (AvgIpc) is 2.67. The molecule has 1 N–H and O–H groups in total. The summed E-state index contributed by atoms with van der Waals surface area (Å²) < 4.78 is 0. The fourth-order valence-electron chi connectivity index (χ4n) is 2.94. The first-order chi connectivity index (χ1) is 12.9. The molecule has 0 spiro atoms. The van der Waals surface area contributed by atoms with Crippen LogP contribution in [0.25, 0.3) is 0 Å². The Hall–Kier alpha value is -2.32. The van der Waals surface area contributed by atoms with Gasteiger partial charge in [0.15, 0.2) is 0 Å². The van der Waals surface area contributed by atoms with Gasteiger partial charge in [-0.3, -0.25) is 4.79 Å². The van der Waals surface area contributed by atoms with Gasteiger partial charge in [0.2, 0.25) is 5.91 Å². The van der Waals surface area contributed by atoms with E-state index >= 15 is 0 Å². The summed E-state index contributed by atoms with van der Waals surface area (Å²) in [5, 5.41) is 12.9. The number of carbonyl (C=O) groups is 1. The van der Waals surface area contributed by atoms with E-state index in [1.54, 1.807) is 0 Å². The summed E-state index contributed by atoms with van der Waals surface area (Å²) in [4.78, 5) is 17.1. The van der Waals surface area contributed by atoms with Gasteiger partial charge in [0.25, 0.3) is 0 Å². The number of carbonyl (C=O) groups excluding carboxylic acids is 1. The van der Waals surface area contributed by atoms with Crippen LogP contribution in [0, 0.1) is 32.1 Å². The summed E-state index contributed by atoms with van der Waals surface area (Å²) in [6.45, 7) is 10.4. The van der Waals surface area contributed by atoms with Crippen LogP contribution in [0.2, 0.25) is 0 Å². The van der Waals surface area contributed by atoms with E-state index in [0.717, 1.165) is 23.2 Å². The summed E-state index contributed by atoms with van der Waals surface area (Å²) in [5.74, 6) is 0.264. The fraction of sp³-hybridized carbons (Fsp3) is 0.409. The molecule has 0 bridgehead atoms. The van der Waals surface area contributed by atoms with Crippen LogP contribution < -0.4 is 5.32 Å². The van der Waals surface area contributed by atoms with Crippen LogP contribution in [0.1, 0.15) is 54.1 Å². The molecule has 1 heterocycles. The van der Waals surface area contributed by atoms with E-state index in [9.17, 15) is 10.1 Å². The van der Waals surface area contributed by atoms with Crippen molar-refractivity contribution in [1.82, 2.24) is 10.3 Å². The third-order valence-electron chi connectivity index (χ3n) is 5.02. The summed E-state index contributed by atoms with van der Waals surface area (Å²) in [7, 11) is 0. The van der Waals surface area contributed by atoms with Gasteiger partial charge in [-0.05, 0) is 50.8 Å². The summed E-state index contributed by atoms with van der Waals surface area (Å²) in [6.07, 6.45) is 0.961. The van der Waals surface area contributed by atoms with Crippen molar-refractivity contribution in [3.63, 3.8) is 0 Å². The van der Waals surface area contributed by atoms with Crippen LogP contribution in [-0.4, -0.2) is 22.7 Å². The molecular formula is C22H27N3OS. The van der Waals surface area contributed by atoms with Gasteiger partial charge < -0.3 is 5.32 Å². The Bertz CT molecular complexity index is 843. The number of pyridine rings is 1. The van der Waals surface area contributed by atoms with Gasteiger partial charge in [-0.15, -0.1) is 0 Å². The number of aryl methyl sites for hydroxylation is 1. The Morgan fingerprint density at radius 2 is 1.89 bits per heavy atom. The number of aromatic nitrogens is 1. The maximum atomic E-state index is 12.6. The molecule has 0 aliphatic rings. The van der Waals surface area contributed by atoms with Crippen molar-refractivity contribution in [1.29, 1.82) is 5.26 Å². The molecule has 0 radical (unpaired) electrons. The van der Waals surface area contributed by atoms with E-state index in [1.807, 2.05) is 45.9 Å². The standard InChI is InChI=1S/C22H27N3OS/c1-6-18(19-10-8-7-9-11-19)13-24-21(26)17(5)27-22-20(12-23)15(3)14(2)16(4)25-22/h7-11,17-18H,6,13H2,1-5H3,(H,24,26)/t17-,18+/m0/s1. The van der Waals surface area contributed by atoms with Crippen molar-refractivity contribution in [3.8, 4) is 6.07 Å². The van der Waals surface area contributed by atoms with Gasteiger partial charge in [-0.1, -0.05) is 49.0 Å². The average molecular weight is 382 g/mol. The summed E-state index contributed by atoms with van der Waals surface area (Å²) in [5.41, 5.74) is 4.67. The molecule has 27 heavy (non-hydrogen) atoms. The van der Waals surface area contributed by atoms with Crippen LogP contribution in [-0.2, 0) is 4.79 Å². The van der Waals surface area contributed by atoms with Gasteiger partial charge in [0, 0.05) is 18.2 Å². The number of amides is 1. The van der Waals surface area contributed by atoms with Crippen LogP contribution >= 0.6 is 11.8 Å². The van der Waals surface area contributed by atoms with Gasteiger partial charge >= 0.3 is 0 Å². The van der Waals surface area contributed by atoms with E-state index in [-0.39, 0.29) is 11.2 Å². The molecule has 0 aliphatic carbocycles. The fourth-order valence-corrected chi connectivity index (χ4v) is 3.97. The zero-order valence-corrected chi connectivity index (χ0v) is 17.5. The zero-order valence-electron chi connectivity index (χ0n) is 16.7. The number of thioether (sulfide) groups is 1. The normalized spacial score (nSPS) is 12.9. The van der Waals surface area contributed by atoms with E-state index in [4.69, 9.17) is 0 Å². The van der Waals surface area contributed by atoms with Gasteiger partial charge in [-0.2, -0.15) is 5.26 Å². The highest BCUT2D eigenvalue weighted by Crippen LogP contribution is 2.29. The van der Waals surface area contributed by atoms with Crippen molar-refractivity contribution in [3.05, 3.63) is 58.3 Å². The molecule has 0 unspecified atom stereocenters. The lowest BCUT2D eigenvalue weighted by molar-refractivity contribution is -0.120. The topological polar surface area (TPSA) is 65.8 Å². The molecule has 0 aliphatic heterocycles. The Labute approximate surface area is 166 Å². The molecule has 142 valence electrons. The third-order valence-corrected chi connectivity index (χ3v) is 6.11. The largest absolute Gasteiger partial charge is 0.355 e. The summed E-state index contributed by atoms with van der Waals surface area (Å²) in [6, 6.07) is 12.5. The minimum atomic E-state index is -0.320. The minimum Gasteiger partial charge on any atom is -0.355 e. The lowest BCUT2D eigenvalue weighted by Crippen LogP contribution is -2.34. The molecule has 0 saturated heterocycles. The van der Waals surface area contributed by atoms with E-state index in [2.05, 4.69) is 35.4 Å². The van der Waals surface area contributed by atoms with Crippen molar-refractivity contribution < 1.29 is 4.79 Å². The highest BCUT2D eigenvalue weighted by molar-refractivity contribution is 8.00. The van der Waals surface area contributed by atoms with Gasteiger partial charge in [0.1, 0.15) is 11.1 Å². The van der Waals surface area contributed by atoms with Crippen molar-refractivity contribution in [2.75, 3.05) is 6.54 Å². The maximum Gasteiger partial charge on any atom is 0.233 e. The number of nitrogens with zero attached hydrogens (tertiary/aromatic N) is 2. The highest BCUT2D eigenvalue weighted by Gasteiger charge is 2.21. The molecule has 1 amide bonds. The molecule has 0 fully saturated rings. The van der Waals surface area contributed by atoms with E-state index in [0.29, 0.717) is 23.1 Å². The SMILES string of the molecule is CC[C@H](CNC(=O)[C@H](C)Sc1nc(C)c(C)c(C)c1C#N)c1ccccc1. The third kappa shape index (κ3) is 5.11. The lowest BCUT2D eigenvalue weighted by Gasteiger charge is -2.19. The van der Waals surface area contributed by atoms with E-state index in [1.165, 1.54) is 17.3 Å². The second-order valence-corrected chi connectivity index (χ2v) is 8.09. The molecule has 5 heteroatoms. The molecule has 1 aromatic heterocycles.